The van der Waals surface area contributed by atoms with Crippen molar-refractivity contribution >= 4 is 5.91 Å². The smallest absolute Gasteiger partial charge is 0.222 e. The fourth-order valence-corrected chi connectivity index (χ4v) is 1.04. The summed E-state index contributed by atoms with van der Waals surface area (Å²) in [7, 11) is 1.79. The summed E-state index contributed by atoms with van der Waals surface area (Å²) in [5.74, 6) is 0.219. The number of hydrogen-bond acceptors (Lipinski definition) is 2. The molecule has 0 aliphatic carbocycles. The molecular formula is C6H12N2O. The molecule has 0 aromatic carbocycles. The van der Waals surface area contributed by atoms with Crippen LogP contribution in [-0.2, 0) is 4.79 Å². The number of nitrogens with zero attached hydrogens (tertiary/aromatic N) is 1. The molecule has 1 atom stereocenters. The number of hydrogen-bond donors (Lipinski definition) is 1. The molecule has 0 saturated carbocycles. The van der Waals surface area contributed by atoms with E-state index < -0.39 is 0 Å². The van der Waals surface area contributed by atoms with Gasteiger partial charge in [-0.15, -0.1) is 0 Å². The van der Waals surface area contributed by atoms with E-state index in [1.54, 1.807) is 11.9 Å². The van der Waals surface area contributed by atoms with E-state index in [1.807, 2.05) is 0 Å². The number of amides is 1. The van der Waals surface area contributed by atoms with E-state index in [2.05, 4.69) is 0 Å². The lowest BCUT2D eigenvalue weighted by atomic mass is 10.1. The van der Waals surface area contributed by atoms with Gasteiger partial charge in [-0.3, -0.25) is 4.79 Å². The monoisotopic (exact) mass is 128 g/mol. The number of likely N-dealkylation sites (tertiary alicyclic amines) is 1. The van der Waals surface area contributed by atoms with Crippen molar-refractivity contribution < 1.29 is 4.79 Å². The summed E-state index contributed by atoms with van der Waals surface area (Å²) in [5.41, 5.74) is 5.59. The molecule has 0 spiro atoms. The Morgan fingerprint density at radius 2 is 2.44 bits per heavy atom. The van der Waals surface area contributed by atoms with Gasteiger partial charge in [-0.25, -0.2) is 0 Å². The van der Waals surface area contributed by atoms with Crippen LogP contribution in [0.2, 0.25) is 0 Å². The standard InChI is InChI=1S/C6H12N2O/c1-8-4-5(7)2-3-6(8)9/h5H,2-4,7H2,1H3. The van der Waals surface area contributed by atoms with Crippen LogP contribution < -0.4 is 5.73 Å². The van der Waals surface area contributed by atoms with Gasteiger partial charge < -0.3 is 10.6 Å². The fourth-order valence-electron chi connectivity index (χ4n) is 1.04. The van der Waals surface area contributed by atoms with Crippen molar-refractivity contribution in [3.05, 3.63) is 0 Å². The van der Waals surface area contributed by atoms with E-state index in [0.717, 1.165) is 13.0 Å². The fraction of sp³-hybridized carbons (Fsp3) is 0.833. The van der Waals surface area contributed by atoms with E-state index in [4.69, 9.17) is 5.73 Å². The summed E-state index contributed by atoms with van der Waals surface area (Å²) in [4.78, 5) is 12.5. The number of piperidine rings is 1. The minimum Gasteiger partial charge on any atom is -0.344 e. The van der Waals surface area contributed by atoms with E-state index in [0.29, 0.717) is 6.42 Å². The van der Waals surface area contributed by atoms with Crippen molar-refractivity contribution in [1.29, 1.82) is 0 Å². The van der Waals surface area contributed by atoms with Gasteiger partial charge in [0, 0.05) is 26.1 Å². The number of rotatable bonds is 0. The largest absolute Gasteiger partial charge is 0.344 e. The maximum Gasteiger partial charge on any atom is 0.222 e. The number of likely N-dealkylation sites (N-methyl/N-ethyl adjacent to an activating group) is 1. The summed E-state index contributed by atoms with van der Waals surface area (Å²) in [6.07, 6.45) is 1.47. The predicted molar refractivity (Wildman–Crippen MR) is 34.8 cm³/mol. The van der Waals surface area contributed by atoms with E-state index in [-0.39, 0.29) is 11.9 Å². The number of carbonyl (C=O) groups excluding carboxylic acids is 1. The van der Waals surface area contributed by atoms with Crippen LogP contribution in [0.25, 0.3) is 0 Å². The molecule has 0 aromatic rings. The van der Waals surface area contributed by atoms with Gasteiger partial charge >= 0.3 is 0 Å². The third kappa shape index (κ3) is 1.42. The summed E-state index contributed by atoms with van der Waals surface area (Å²) in [5, 5.41) is 0. The molecule has 1 aliphatic heterocycles. The Hall–Kier alpha value is -0.570. The lowest BCUT2D eigenvalue weighted by Gasteiger charge is -2.26. The number of nitrogens with two attached hydrogens (primary N) is 1. The van der Waals surface area contributed by atoms with Crippen molar-refractivity contribution in [1.82, 2.24) is 4.90 Å². The molecule has 1 amide bonds. The predicted octanol–water partition coefficient (Wildman–Crippen LogP) is -0.434. The van der Waals surface area contributed by atoms with Gasteiger partial charge in [-0.2, -0.15) is 0 Å². The zero-order valence-electron chi connectivity index (χ0n) is 5.63. The van der Waals surface area contributed by atoms with Crippen LogP contribution in [0.15, 0.2) is 0 Å². The van der Waals surface area contributed by atoms with Gasteiger partial charge in [0.15, 0.2) is 0 Å². The lowest BCUT2D eigenvalue weighted by molar-refractivity contribution is -0.132. The van der Waals surface area contributed by atoms with Gasteiger partial charge in [0.1, 0.15) is 0 Å². The molecule has 1 fully saturated rings. The first-order valence-electron chi connectivity index (χ1n) is 3.19. The van der Waals surface area contributed by atoms with Crippen molar-refractivity contribution in [2.45, 2.75) is 18.9 Å². The van der Waals surface area contributed by atoms with Gasteiger partial charge in [-0.1, -0.05) is 0 Å². The van der Waals surface area contributed by atoms with Gasteiger partial charge in [0.05, 0.1) is 0 Å². The molecule has 1 saturated heterocycles. The highest BCUT2D eigenvalue weighted by Gasteiger charge is 2.18. The molecule has 3 heteroatoms. The Kier molecular flexibility index (Phi) is 1.71. The zero-order chi connectivity index (χ0) is 6.85. The molecule has 0 radical (unpaired) electrons. The summed E-state index contributed by atoms with van der Waals surface area (Å²) < 4.78 is 0. The normalized spacial score (nSPS) is 28.9. The summed E-state index contributed by atoms with van der Waals surface area (Å²) in [6.45, 7) is 0.721. The first kappa shape index (κ1) is 6.55. The van der Waals surface area contributed by atoms with Crippen LogP contribution in [0.4, 0.5) is 0 Å². The topological polar surface area (TPSA) is 46.3 Å². The van der Waals surface area contributed by atoms with Crippen LogP contribution in [0, 0.1) is 0 Å². The number of carbonyl (C=O) groups is 1. The molecule has 1 rings (SSSR count). The average Bonchev–Trinajstić information content (AvgIpc) is 1.80. The molecule has 9 heavy (non-hydrogen) atoms. The molecule has 1 heterocycles. The first-order chi connectivity index (χ1) is 4.20. The lowest BCUT2D eigenvalue weighted by Crippen LogP contribution is -2.43. The average molecular weight is 128 g/mol. The SMILES string of the molecule is CN1CC(N)CCC1=O. The van der Waals surface area contributed by atoms with Gasteiger partial charge in [0.2, 0.25) is 5.91 Å². The Morgan fingerprint density at radius 3 is 2.89 bits per heavy atom. The van der Waals surface area contributed by atoms with E-state index in [1.165, 1.54) is 0 Å². The highest BCUT2D eigenvalue weighted by molar-refractivity contribution is 5.76. The molecular weight excluding hydrogens is 116 g/mol. The summed E-state index contributed by atoms with van der Waals surface area (Å²) >= 11 is 0. The quantitative estimate of drug-likeness (QED) is 0.481. The first-order valence-corrected chi connectivity index (χ1v) is 3.19. The molecule has 0 aromatic heterocycles. The zero-order valence-corrected chi connectivity index (χ0v) is 5.63. The maximum atomic E-state index is 10.8. The second-order valence-electron chi connectivity index (χ2n) is 2.57. The Bertz CT molecular complexity index is 124. The van der Waals surface area contributed by atoms with Crippen LogP contribution in [-0.4, -0.2) is 30.4 Å². The molecule has 1 aliphatic rings. The van der Waals surface area contributed by atoms with Gasteiger partial charge in [-0.05, 0) is 6.42 Å². The second-order valence-corrected chi connectivity index (χ2v) is 2.57. The van der Waals surface area contributed by atoms with Crippen molar-refractivity contribution in [2.24, 2.45) is 5.73 Å². The van der Waals surface area contributed by atoms with Crippen molar-refractivity contribution in [3.63, 3.8) is 0 Å². The van der Waals surface area contributed by atoms with Crippen LogP contribution >= 0.6 is 0 Å². The highest BCUT2D eigenvalue weighted by Crippen LogP contribution is 2.06. The molecule has 0 bridgehead atoms. The van der Waals surface area contributed by atoms with Crippen LogP contribution in [0.3, 0.4) is 0 Å². The second kappa shape index (κ2) is 2.35. The Balaban J connectivity index is 2.44. The maximum absolute atomic E-state index is 10.8. The van der Waals surface area contributed by atoms with E-state index >= 15 is 0 Å². The van der Waals surface area contributed by atoms with Crippen LogP contribution in [0.1, 0.15) is 12.8 Å². The Morgan fingerprint density at radius 1 is 1.78 bits per heavy atom. The molecule has 3 nitrogen and oxygen atoms in total. The molecule has 2 N–H and O–H groups in total. The molecule has 1 unspecified atom stereocenters. The van der Waals surface area contributed by atoms with Crippen LogP contribution in [0.5, 0.6) is 0 Å². The third-order valence-corrected chi connectivity index (χ3v) is 1.66. The van der Waals surface area contributed by atoms with Gasteiger partial charge in [0.25, 0.3) is 0 Å². The third-order valence-electron chi connectivity index (χ3n) is 1.66. The minimum atomic E-state index is 0.202. The molecule has 52 valence electrons. The van der Waals surface area contributed by atoms with Crippen molar-refractivity contribution in [2.75, 3.05) is 13.6 Å². The minimum absolute atomic E-state index is 0.202. The van der Waals surface area contributed by atoms with Crippen molar-refractivity contribution in [3.8, 4) is 0 Å². The summed E-state index contributed by atoms with van der Waals surface area (Å²) in [6, 6.07) is 0.202. The van der Waals surface area contributed by atoms with E-state index in [9.17, 15) is 4.79 Å². The highest BCUT2D eigenvalue weighted by atomic mass is 16.2. The Labute approximate surface area is 54.8 Å².